The average molecular weight is 383 g/mol. The average Bonchev–Trinajstić information content (AvgIpc) is 2.55. The number of aryl methyl sites for hydroxylation is 2. The van der Waals surface area contributed by atoms with Gasteiger partial charge in [-0.25, -0.2) is 4.98 Å². The molecule has 0 aliphatic rings. The molecule has 0 amide bonds. The highest BCUT2D eigenvalue weighted by Gasteiger charge is 2.05. The van der Waals surface area contributed by atoms with Crippen molar-refractivity contribution in [3.63, 3.8) is 0 Å². The predicted molar refractivity (Wildman–Crippen MR) is 103 cm³/mol. The lowest BCUT2D eigenvalue weighted by Crippen LogP contribution is -2.06. The summed E-state index contributed by atoms with van der Waals surface area (Å²) in [5, 5.41) is 6.62. The summed E-state index contributed by atoms with van der Waals surface area (Å²) in [7, 11) is 0. The summed E-state index contributed by atoms with van der Waals surface area (Å²) >= 11 is 3.54. The Labute approximate surface area is 150 Å². The monoisotopic (exact) mass is 382 g/mol. The lowest BCUT2D eigenvalue weighted by atomic mass is 10.1. The van der Waals surface area contributed by atoms with Gasteiger partial charge in [0.25, 0.3) is 0 Å². The Morgan fingerprint density at radius 2 is 1.79 bits per heavy atom. The van der Waals surface area contributed by atoms with E-state index in [1.165, 1.54) is 11.1 Å². The zero-order chi connectivity index (χ0) is 16.9. The van der Waals surface area contributed by atoms with Crippen LogP contribution >= 0.6 is 15.9 Å². The number of halogens is 1. The summed E-state index contributed by atoms with van der Waals surface area (Å²) < 4.78 is 0.996. The van der Waals surface area contributed by atoms with E-state index in [2.05, 4.69) is 67.7 Å². The van der Waals surface area contributed by atoms with Crippen molar-refractivity contribution >= 4 is 33.4 Å². The molecule has 0 aliphatic carbocycles. The molecule has 2 aromatic carbocycles. The Hall–Kier alpha value is -2.40. The Morgan fingerprint density at radius 3 is 2.58 bits per heavy atom. The summed E-state index contributed by atoms with van der Waals surface area (Å²) in [6.07, 6.45) is 0. The number of rotatable bonds is 5. The maximum Gasteiger partial charge on any atom is 0.225 e. The van der Waals surface area contributed by atoms with Gasteiger partial charge < -0.3 is 10.6 Å². The molecule has 0 unspecified atom stereocenters. The van der Waals surface area contributed by atoms with E-state index in [0.717, 1.165) is 21.7 Å². The Morgan fingerprint density at radius 1 is 0.958 bits per heavy atom. The van der Waals surface area contributed by atoms with Crippen molar-refractivity contribution in [3.05, 3.63) is 75.9 Å². The van der Waals surface area contributed by atoms with Crippen LogP contribution in [-0.2, 0) is 6.54 Å². The fourth-order valence-corrected chi connectivity index (χ4v) is 2.80. The van der Waals surface area contributed by atoms with Gasteiger partial charge in [-0.15, -0.1) is 0 Å². The molecule has 0 bridgehead atoms. The molecule has 0 saturated carbocycles. The van der Waals surface area contributed by atoms with Crippen LogP contribution in [0.15, 0.2) is 59.1 Å². The number of aromatic nitrogens is 2. The van der Waals surface area contributed by atoms with Gasteiger partial charge in [0.1, 0.15) is 5.82 Å². The molecule has 0 saturated heterocycles. The van der Waals surface area contributed by atoms with Gasteiger partial charge in [-0.2, -0.15) is 4.98 Å². The van der Waals surface area contributed by atoms with E-state index < -0.39 is 0 Å². The highest BCUT2D eigenvalue weighted by molar-refractivity contribution is 9.10. The fourth-order valence-electron chi connectivity index (χ4n) is 2.42. The van der Waals surface area contributed by atoms with Crippen LogP contribution in [0.1, 0.15) is 16.8 Å². The van der Waals surface area contributed by atoms with Crippen LogP contribution in [0.3, 0.4) is 0 Å². The second kappa shape index (κ2) is 7.45. The van der Waals surface area contributed by atoms with Gasteiger partial charge in [0, 0.05) is 22.8 Å². The van der Waals surface area contributed by atoms with Crippen molar-refractivity contribution < 1.29 is 0 Å². The minimum atomic E-state index is 0.617. The first-order valence-electron chi connectivity index (χ1n) is 7.77. The second-order valence-corrected chi connectivity index (χ2v) is 6.52. The summed E-state index contributed by atoms with van der Waals surface area (Å²) in [5.74, 6) is 1.38. The highest BCUT2D eigenvalue weighted by Crippen LogP contribution is 2.25. The molecule has 3 rings (SSSR count). The van der Waals surface area contributed by atoms with Crippen molar-refractivity contribution in [2.45, 2.75) is 20.4 Å². The summed E-state index contributed by atoms with van der Waals surface area (Å²) in [5.41, 5.74) is 4.34. The quantitative estimate of drug-likeness (QED) is 0.635. The number of hydrogen-bond donors (Lipinski definition) is 2. The maximum absolute atomic E-state index is 4.55. The van der Waals surface area contributed by atoms with E-state index in [1.54, 1.807) is 0 Å². The standard InChI is InChI=1S/C19H19BrN4/c1-13-6-5-7-15(10-13)12-21-19-22-14(2)11-18(24-19)23-17-9-4-3-8-16(17)20/h3-11H,12H2,1-2H3,(H2,21,22,23,24). The molecular weight excluding hydrogens is 364 g/mol. The smallest absolute Gasteiger partial charge is 0.225 e. The Kier molecular flexibility index (Phi) is 5.11. The normalized spacial score (nSPS) is 10.5. The molecule has 0 atom stereocenters. The van der Waals surface area contributed by atoms with Gasteiger partial charge in [-0.1, -0.05) is 42.0 Å². The largest absolute Gasteiger partial charge is 0.350 e. The first kappa shape index (κ1) is 16.5. The van der Waals surface area contributed by atoms with Gasteiger partial charge in [0.2, 0.25) is 5.95 Å². The lowest BCUT2D eigenvalue weighted by Gasteiger charge is -2.11. The number of nitrogens with one attached hydrogen (secondary N) is 2. The molecule has 24 heavy (non-hydrogen) atoms. The van der Waals surface area contributed by atoms with Crippen LogP contribution < -0.4 is 10.6 Å². The van der Waals surface area contributed by atoms with Crippen molar-refractivity contribution in [1.29, 1.82) is 0 Å². The molecule has 3 aromatic rings. The third kappa shape index (κ3) is 4.32. The Balaban J connectivity index is 1.75. The van der Waals surface area contributed by atoms with Crippen LogP contribution in [0.25, 0.3) is 0 Å². The van der Waals surface area contributed by atoms with E-state index in [4.69, 9.17) is 0 Å². The van der Waals surface area contributed by atoms with Gasteiger partial charge in [-0.3, -0.25) is 0 Å². The van der Waals surface area contributed by atoms with Crippen molar-refractivity contribution in [1.82, 2.24) is 9.97 Å². The second-order valence-electron chi connectivity index (χ2n) is 5.67. The van der Waals surface area contributed by atoms with Crippen molar-refractivity contribution in [2.24, 2.45) is 0 Å². The van der Waals surface area contributed by atoms with Gasteiger partial charge in [0.15, 0.2) is 0 Å². The third-order valence-corrected chi connectivity index (χ3v) is 4.22. The van der Waals surface area contributed by atoms with E-state index in [-0.39, 0.29) is 0 Å². The number of anilines is 3. The molecule has 0 radical (unpaired) electrons. The van der Waals surface area contributed by atoms with Crippen LogP contribution in [0, 0.1) is 13.8 Å². The third-order valence-electron chi connectivity index (χ3n) is 3.52. The summed E-state index contributed by atoms with van der Waals surface area (Å²) in [6, 6.07) is 18.3. The maximum atomic E-state index is 4.55. The highest BCUT2D eigenvalue weighted by atomic mass is 79.9. The zero-order valence-electron chi connectivity index (χ0n) is 13.7. The van der Waals surface area contributed by atoms with Crippen LogP contribution in [0.2, 0.25) is 0 Å². The zero-order valence-corrected chi connectivity index (χ0v) is 15.3. The van der Waals surface area contributed by atoms with E-state index in [9.17, 15) is 0 Å². The van der Waals surface area contributed by atoms with Crippen molar-refractivity contribution in [3.8, 4) is 0 Å². The van der Waals surface area contributed by atoms with E-state index >= 15 is 0 Å². The Bertz CT molecular complexity index is 848. The number of nitrogens with zero attached hydrogens (tertiary/aromatic N) is 2. The minimum Gasteiger partial charge on any atom is -0.350 e. The van der Waals surface area contributed by atoms with Crippen LogP contribution in [0.5, 0.6) is 0 Å². The topological polar surface area (TPSA) is 49.8 Å². The first-order valence-corrected chi connectivity index (χ1v) is 8.56. The molecule has 1 aromatic heterocycles. The van der Waals surface area contributed by atoms with Gasteiger partial charge in [-0.05, 0) is 47.5 Å². The molecule has 122 valence electrons. The number of hydrogen-bond acceptors (Lipinski definition) is 4. The lowest BCUT2D eigenvalue weighted by molar-refractivity contribution is 1.03. The van der Waals surface area contributed by atoms with Crippen molar-refractivity contribution in [2.75, 3.05) is 10.6 Å². The molecule has 0 fully saturated rings. The predicted octanol–water partition coefficient (Wildman–Crippen LogP) is 5.21. The van der Waals surface area contributed by atoms with Crippen LogP contribution in [0.4, 0.5) is 17.5 Å². The molecule has 1 heterocycles. The molecule has 4 nitrogen and oxygen atoms in total. The number of para-hydroxylation sites is 1. The van der Waals surface area contributed by atoms with Gasteiger partial charge >= 0.3 is 0 Å². The van der Waals surface area contributed by atoms with Crippen LogP contribution in [-0.4, -0.2) is 9.97 Å². The molecule has 5 heteroatoms. The minimum absolute atomic E-state index is 0.617. The summed E-state index contributed by atoms with van der Waals surface area (Å²) in [6.45, 7) is 4.75. The first-order chi connectivity index (χ1) is 11.6. The molecule has 0 aliphatic heterocycles. The van der Waals surface area contributed by atoms with E-state index in [0.29, 0.717) is 12.5 Å². The SMILES string of the molecule is Cc1cccc(CNc2nc(C)cc(Nc3ccccc3Br)n2)c1. The molecule has 2 N–H and O–H groups in total. The molecule has 0 spiro atoms. The number of benzene rings is 2. The molecular formula is C19H19BrN4. The van der Waals surface area contributed by atoms with E-state index in [1.807, 2.05) is 37.3 Å². The fraction of sp³-hybridized carbons (Fsp3) is 0.158. The van der Waals surface area contributed by atoms with Gasteiger partial charge in [0.05, 0.1) is 5.69 Å². The summed E-state index contributed by atoms with van der Waals surface area (Å²) in [4.78, 5) is 9.01.